The number of hydrogen-bond donors (Lipinski definition) is 2. The SMILES string of the molecule is C=CCNCc1ccc(CN(C)CCC(=O)O)cc1OC. The average molecular weight is 292 g/mol. The molecule has 0 bridgehead atoms. The topological polar surface area (TPSA) is 61.8 Å². The molecule has 0 amide bonds. The predicted molar refractivity (Wildman–Crippen MR) is 83.5 cm³/mol. The fourth-order valence-electron chi connectivity index (χ4n) is 2.02. The first-order valence-electron chi connectivity index (χ1n) is 6.94. The molecule has 2 N–H and O–H groups in total. The molecule has 0 aliphatic rings. The van der Waals surface area contributed by atoms with Gasteiger partial charge < -0.3 is 20.1 Å². The van der Waals surface area contributed by atoms with Crippen molar-refractivity contribution in [2.24, 2.45) is 0 Å². The molecule has 5 nitrogen and oxygen atoms in total. The van der Waals surface area contributed by atoms with Gasteiger partial charge in [0.25, 0.3) is 0 Å². The molecule has 5 heteroatoms. The summed E-state index contributed by atoms with van der Waals surface area (Å²) < 4.78 is 5.42. The Labute approximate surface area is 126 Å². The van der Waals surface area contributed by atoms with E-state index in [1.807, 2.05) is 36.2 Å². The van der Waals surface area contributed by atoms with Crippen molar-refractivity contribution in [1.82, 2.24) is 10.2 Å². The van der Waals surface area contributed by atoms with Crippen LogP contribution in [0.15, 0.2) is 30.9 Å². The Morgan fingerprint density at radius 2 is 2.29 bits per heavy atom. The van der Waals surface area contributed by atoms with Crippen LogP contribution >= 0.6 is 0 Å². The molecule has 0 saturated carbocycles. The number of carboxylic acids is 1. The molecule has 0 atom stereocenters. The lowest BCUT2D eigenvalue weighted by molar-refractivity contribution is -0.137. The van der Waals surface area contributed by atoms with E-state index in [9.17, 15) is 4.79 Å². The molecule has 1 aromatic rings. The van der Waals surface area contributed by atoms with Crippen LogP contribution in [0.5, 0.6) is 5.75 Å². The minimum atomic E-state index is -0.775. The molecule has 1 aromatic carbocycles. The number of benzene rings is 1. The Bertz CT molecular complexity index is 475. The summed E-state index contributed by atoms with van der Waals surface area (Å²) in [6.07, 6.45) is 1.97. The van der Waals surface area contributed by atoms with Gasteiger partial charge in [-0.2, -0.15) is 0 Å². The van der Waals surface area contributed by atoms with Crippen molar-refractivity contribution in [3.8, 4) is 5.75 Å². The zero-order valence-corrected chi connectivity index (χ0v) is 12.8. The molecule has 0 saturated heterocycles. The van der Waals surface area contributed by atoms with Crippen molar-refractivity contribution in [1.29, 1.82) is 0 Å². The molecular formula is C16H24N2O3. The van der Waals surface area contributed by atoms with E-state index in [1.54, 1.807) is 7.11 Å². The van der Waals surface area contributed by atoms with Gasteiger partial charge in [0.1, 0.15) is 5.75 Å². The van der Waals surface area contributed by atoms with Crippen LogP contribution in [0.3, 0.4) is 0 Å². The summed E-state index contributed by atoms with van der Waals surface area (Å²) in [5.74, 6) is 0.0683. The molecule has 0 heterocycles. The first-order valence-corrected chi connectivity index (χ1v) is 6.94. The largest absolute Gasteiger partial charge is 0.496 e. The number of methoxy groups -OCH3 is 1. The number of aliphatic carboxylic acids is 1. The van der Waals surface area contributed by atoms with E-state index in [2.05, 4.69) is 11.9 Å². The number of carboxylic acid groups (broad SMARTS) is 1. The Morgan fingerprint density at radius 1 is 1.52 bits per heavy atom. The number of nitrogens with one attached hydrogen (secondary N) is 1. The molecule has 1 rings (SSSR count). The van der Waals surface area contributed by atoms with Crippen LogP contribution in [0, 0.1) is 0 Å². The van der Waals surface area contributed by atoms with Crippen LogP contribution in [-0.4, -0.2) is 43.2 Å². The Morgan fingerprint density at radius 3 is 2.90 bits per heavy atom. The summed E-state index contributed by atoms with van der Waals surface area (Å²) in [5.41, 5.74) is 2.20. The highest BCUT2D eigenvalue weighted by Gasteiger charge is 2.07. The first kappa shape index (κ1) is 17.2. The third-order valence-electron chi connectivity index (χ3n) is 3.12. The highest BCUT2D eigenvalue weighted by atomic mass is 16.5. The fraction of sp³-hybridized carbons (Fsp3) is 0.438. The summed E-state index contributed by atoms with van der Waals surface area (Å²) in [5, 5.41) is 11.9. The predicted octanol–water partition coefficient (Wildman–Crippen LogP) is 1.88. The van der Waals surface area contributed by atoms with Crippen molar-refractivity contribution in [3.63, 3.8) is 0 Å². The molecule has 0 radical (unpaired) electrons. The van der Waals surface area contributed by atoms with Gasteiger partial charge in [-0.15, -0.1) is 6.58 Å². The van der Waals surface area contributed by atoms with Crippen molar-refractivity contribution in [2.75, 3.05) is 27.2 Å². The van der Waals surface area contributed by atoms with Gasteiger partial charge in [0.15, 0.2) is 0 Å². The highest BCUT2D eigenvalue weighted by molar-refractivity contribution is 5.66. The van der Waals surface area contributed by atoms with Gasteiger partial charge in [-0.25, -0.2) is 0 Å². The maximum absolute atomic E-state index is 10.6. The van der Waals surface area contributed by atoms with Gasteiger partial charge in [0, 0.05) is 31.7 Å². The molecule has 0 unspecified atom stereocenters. The Hall–Kier alpha value is -1.85. The van der Waals surface area contributed by atoms with E-state index < -0.39 is 5.97 Å². The number of rotatable bonds is 10. The van der Waals surface area contributed by atoms with E-state index in [1.165, 1.54) is 0 Å². The van der Waals surface area contributed by atoms with Crippen LogP contribution in [0.4, 0.5) is 0 Å². The fourth-order valence-corrected chi connectivity index (χ4v) is 2.02. The van der Waals surface area contributed by atoms with Gasteiger partial charge >= 0.3 is 5.97 Å². The van der Waals surface area contributed by atoms with Crippen LogP contribution in [0.25, 0.3) is 0 Å². The van der Waals surface area contributed by atoms with E-state index in [-0.39, 0.29) is 6.42 Å². The zero-order valence-electron chi connectivity index (χ0n) is 12.8. The standard InChI is InChI=1S/C16H24N2O3/c1-4-8-17-11-14-6-5-13(10-15(14)21-3)12-18(2)9-7-16(19)20/h4-6,10,17H,1,7-9,11-12H2,2-3H3,(H,19,20). The average Bonchev–Trinajstić information content (AvgIpc) is 2.46. The lowest BCUT2D eigenvalue weighted by atomic mass is 10.1. The van der Waals surface area contributed by atoms with Gasteiger partial charge in [-0.1, -0.05) is 18.2 Å². The minimum absolute atomic E-state index is 0.150. The van der Waals surface area contributed by atoms with Gasteiger partial charge in [-0.3, -0.25) is 4.79 Å². The Balaban J connectivity index is 2.63. The second-order valence-electron chi connectivity index (χ2n) is 4.95. The number of ether oxygens (including phenoxy) is 1. The second-order valence-corrected chi connectivity index (χ2v) is 4.95. The number of hydrogen-bond acceptors (Lipinski definition) is 4. The van der Waals surface area contributed by atoms with E-state index in [4.69, 9.17) is 9.84 Å². The normalized spacial score (nSPS) is 10.6. The second kappa shape index (κ2) is 9.15. The van der Waals surface area contributed by atoms with Crippen LogP contribution < -0.4 is 10.1 Å². The van der Waals surface area contributed by atoms with E-state index >= 15 is 0 Å². The summed E-state index contributed by atoms with van der Waals surface area (Å²) in [6, 6.07) is 6.09. The summed E-state index contributed by atoms with van der Waals surface area (Å²) in [4.78, 5) is 12.6. The van der Waals surface area contributed by atoms with Crippen molar-refractivity contribution < 1.29 is 14.6 Å². The van der Waals surface area contributed by atoms with Gasteiger partial charge in [0.05, 0.1) is 13.5 Å². The highest BCUT2D eigenvalue weighted by Crippen LogP contribution is 2.21. The third-order valence-corrected chi connectivity index (χ3v) is 3.12. The van der Waals surface area contributed by atoms with Gasteiger partial charge in [0.2, 0.25) is 0 Å². The van der Waals surface area contributed by atoms with Crippen LogP contribution in [0.2, 0.25) is 0 Å². The summed E-state index contributed by atoms with van der Waals surface area (Å²) in [7, 11) is 3.57. The van der Waals surface area contributed by atoms with E-state index in [0.29, 0.717) is 13.1 Å². The number of nitrogens with zero attached hydrogens (tertiary/aromatic N) is 1. The molecule has 0 aliphatic carbocycles. The molecule has 0 fully saturated rings. The van der Waals surface area contributed by atoms with Crippen molar-refractivity contribution in [3.05, 3.63) is 42.0 Å². The molecule has 21 heavy (non-hydrogen) atoms. The maximum atomic E-state index is 10.6. The van der Waals surface area contributed by atoms with Crippen molar-refractivity contribution >= 4 is 5.97 Å². The summed E-state index contributed by atoms with van der Waals surface area (Å²) in [6.45, 7) is 6.38. The molecule has 0 aromatic heterocycles. The molecule has 116 valence electrons. The Kier molecular flexibility index (Phi) is 7.50. The van der Waals surface area contributed by atoms with Crippen LogP contribution in [0.1, 0.15) is 17.5 Å². The van der Waals surface area contributed by atoms with Crippen molar-refractivity contribution in [2.45, 2.75) is 19.5 Å². The third kappa shape index (κ3) is 6.42. The smallest absolute Gasteiger partial charge is 0.304 e. The molecular weight excluding hydrogens is 268 g/mol. The quantitative estimate of drug-likeness (QED) is 0.509. The molecule has 0 aliphatic heterocycles. The van der Waals surface area contributed by atoms with E-state index in [0.717, 1.165) is 30.0 Å². The monoisotopic (exact) mass is 292 g/mol. The summed E-state index contributed by atoms with van der Waals surface area (Å²) >= 11 is 0. The minimum Gasteiger partial charge on any atom is -0.496 e. The lowest BCUT2D eigenvalue weighted by Crippen LogP contribution is -2.21. The maximum Gasteiger partial charge on any atom is 0.304 e. The zero-order chi connectivity index (χ0) is 15.7. The van der Waals surface area contributed by atoms with Gasteiger partial charge in [-0.05, 0) is 18.7 Å². The lowest BCUT2D eigenvalue weighted by Gasteiger charge is -2.17. The van der Waals surface area contributed by atoms with Crippen LogP contribution in [-0.2, 0) is 17.9 Å². The number of carbonyl (C=O) groups is 1. The molecule has 0 spiro atoms. The first-order chi connectivity index (χ1) is 10.1.